The number of benzene rings is 1. The van der Waals surface area contributed by atoms with E-state index in [1.165, 1.54) is 12.5 Å². The van der Waals surface area contributed by atoms with Gasteiger partial charge in [-0.1, -0.05) is 38.1 Å². The van der Waals surface area contributed by atoms with Crippen LogP contribution in [0.4, 0.5) is 8.78 Å². The number of nitrogens with one attached hydrogen (secondary N) is 1. The summed E-state index contributed by atoms with van der Waals surface area (Å²) in [6.45, 7) is 5.48. The summed E-state index contributed by atoms with van der Waals surface area (Å²) in [5.74, 6) is 0.615. The molecule has 0 radical (unpaired) electrons. The van der Waals surface area contributed by atoms with Crippen LogP contribution in [-0.4, -0.2) is 12.1 Å². The maximum absolute atomic E-state index is 12.8. The summed E-state index contributed by atoms with van der Waals surface area (Å²) in [7, 11) is 0. The Morgan fingerprint density at radius 2 is 2.11 bits per heavy atom. The van der Waals surface area contributed by atoms with Crippen molar-refractivity contribution in [2.45, 2.75) is 51.5 Å². The van der Waals surface area contributed by atoms with E-state index >= 15 is 0 Å². The number of hydrogen-bond donors (Lipinski definition) is 1. The topological polar surface area (TPSA) is 12.0 Å². The van der Waals surface area contributed by atoms with Gasteiger partial charge in [-0.25, -0.2) is 8.78 Å². The first kappa shape index (κ1) is 14.4. The SMILES string of the molecule is CC(C)CC1(Cc2cccc(C(F)F)c2)CCCN1. The third-order valence-corrected chi connectivity index (χ3v) is 3.88. The van der Waals surface area contributed by atoms with E-state index in [2.05, 4.69) is 19.2 Å². The molecule has 2 rings (SSSR count). The van der Waals surface area contributed by atoms with E-state index in [4.69, 9.17) is 0 Å². The van der Waals surface area contributed by atoms with Gasteiger partial charge in [0, 0.05) is 11.1 Å². The van der Waals surface area contributed by atoms with E-state index in [1.807, 2.05) is 6.07 Å². The van der Waals surface area contributed by atoms with Crippen molar-refractivity contribution in [1.29, 1.82) is 0 Å². The summed E-state index contributed by atoms with van der Waals surface area (Å²) in [4.78, 5) is 0. The Hall–Kier alpha value is -0.960. The van der Waals surface area contributed by atoms with Crippen LogP contribution in [-0.2, 0) is 6.42 Å². The van der Waals surface area contributed by atoms with Crippen molar-refractivity contribution in [2.24, 2.45) is 5.92 Å². The Morgan fingerprint density at radius 1 is 1.32 bits per heavy atom. The van der Waals surface area contributed by atoms with Gasteiger partial charge >= 0.3 is 0 Å². The minimum atomic E-state index is -2.38. The Bertz CT molecular complexity index is 409. The zero-order valence-electron chi connectivity index (χ0n) is 11.8. The fourth-order valence-electron chi connectivity index (χ4n) is 3.28. The summed E-state index contributed by atoms with van der Waals surface area (Å²) in [5.41, 5.74) is 1.26. The fourth-order valence-corrected chi connectivity index (χ4v) is 3.28. The van der Waals surface area contributed by atoms with Gasteiger partial charge in [0.15, 0.2) is 0 Å². The lowest BCUT2D eigenvalue weighted by Crippen LogP contribution is -2.43. The summed E-state index contributed by atoms with van der Waals surface area (Å²) in [6, 6.07) is 6.88. The van der Waals surface area contributed by atoms with E-state index in [0.29, 0.717) is 5.92 Å². The summed E-state index contributed by atoms with van der Waals surface area (Å²) in [5, 5.41) is 3.61. The predicted octanol–water partition coefficient (Wildman–Crippen LogP) is 4.34. The summed E-state index contributed by atoms with van der Waals surface area (Å²) >= 11 is 0. The molecule has 1 fully saturated rings. The molecule has 0 aliphatic carbocycles. The first-order valence-electron chi connectivity index (χ1n) is 7.13. The molecule has 1 unspecified atom stereocenters. The molecule has 1 N–H and O–H groups in total. The number of rotatable bonds is 5. The number of alkyl halides is 2. The molecule has 106 valence electrons. The molecule has 1 aliphatic heterocycles. The molecule has 1 aromatic rings. The maximum Gasteiger partial charge on any atom is 0.263 e. The second-order valence-corrected chi connectivity index (χ2v) is 6.13. The van der Waals surface area contributed by atoms with Gasteiger partial charge in [0.25, 0.3) is 6.43 Å². The molecule has 1 atom stereocenters. The first-order chi connectivity index (χ1) is 9.01. The molecular formula is C16H23F2N. The number of hydrogen-bond acceptors (Lipinski definition) is 1. The molecule has 1 aliphatic rings. The lowest BCUT2D eigenvalue weighted by Gasteiger charge is -2.32. The van der Waals surface area contributed by atoms with Gasteiger partial charge in [-0.3, -0.25) is 0 Å². The largest absolute Gasteiger partial charge is 0.311 e. The highest BCUT2D eigenvalue weighted by Crippen LogP contribution is 2.31. The van der Waals surface area contributed by atoms with Crippen molar-refractivity contribution in [2.75, 3.05) is 6.54 Å². The molecule has 0 bridgehead atoms. The highest BCUT2D eigenvalue weighted by atomic mass is 19.3. The zero-order chi connectivity index (χ0) is 13.9. The molecule has 0 spiro atoms. The quantitative estimate of drug-likeness (QED) is 0.837. The lowest BCUT2D eigenvalue weighted by molar-refractivity contribution is 0.151. The molecule has 0 amide bonds. The van der Waals surface area contributed by atoms with Gasteiger partial charge < -0.3 is 5.32 Å². The van der Waals surface area contributed by atoms with Gasteiger partial charge in [0.05, 0.1) is 0 Å². The van der Waals surface area contributed by atoms with Crippen molar-refractivity contribution in [3.8, 4) is 0 Å². The van der Waals surface area contributed by atoms with Crippen molar-refractivity contribution < 1.29 is 8.78 Å². The van der Waals surface area contributed by atoms with E-state index in [-0.39, 0.29) is 11.1 Å². The lowest BCUT2D eigenvalue weighted by atomic mass is 9.82. The first-order valence-corrected chi connectivity index (χ1v) is 7.13. The Balaban J connectivity index is 2.15. The van der Waals surface area contributed by atoms with Crippen molar-refractivity contribution in [3.63, 3.8) is 0 Å². The molecule has 0 saturated carbocycles. The van der Waals surface area contributed by atoms with E-state index in [0.717, 1.165) is 31.4 Å². The van der Waals surface area contributed by atoms with Crippen LogP contribution in [0.1, 0.15) is 50.7 Å². The van der Waals surface area contributed by atoms with Crippen LogP contribution in [0.2, 0.25) is 0 Å². The highest BCUT2D eigenvalue weighted by molar-refractivity contribution is 5.26. The molecule has 19 heavy (non-hydrogen) atoms. The minimum Gasteiger partial charge on any atom is -0.311 e. The predicted molar refractivity (Wildman–Crippen MR) is 74.5 cm³/mol. The smallest absolute Gasteiger partial charge is 0.263 e. The zero-order valence-corrected chi connectivity index (χ0v) is 11.8. The van der Waals surface area contributed by atoms with E-state index in [9.17, 15) is 8.78 Å². The maximum atomic E-state index is 12.8. The van der Waals surface area contributed by atoms with Gasteiger partial charge in [-0.15, -0.1) is 0 Å². The monoisotopic (exact) mass is 267 g/mol. The molecule has 3 heteroatoms. The molecule has 1 aromatic carbocycles. The summed E-state index contributed by atoms with van der Waals surface area (Å²) in [6.07, 6.45) is 1.90. The third-order valence-electron chi connectivity index (χ3n) is 3.88. The van der Waals surface area contributed by atoms with Crippen LogP contribution in [0, 0.1) is 5.92 Å². The fraction of sp³-hybridized carbons (Fsp3) is 0.625. The van der Waals surface area contributed by atoms with Crippen molar-refractivity contribution in [1.82, 2.24) is 5.32 Å². The van der Waals surface area contributed by atoms with Gasteiger partial charge in [0.1, 0.15) is 0 Å². The van der Waals surface area contributed by atoms with Crippen LogP contribution < -0.4 is 5.32 Å². The van der Waals surface area contributed by atoms with Gasteiger partial charge in [-0.2, -0.15) is 0 Å². The van der Waals surface area contributed by atoms with Crippen LogP contribution in [0.25, 0.3) is 0 Å². The van der Waals surface area contributed by atoms with Gasteiger partial charge in [-0.05, 0) is 43.7 Å². The Kier molecular flexibility index (Phi) is 4.56. The van der Waals surface area contributed by atoms with Crippen LogP contribution in [0.5, 0.6) is 0 Å². The van der Waals surface area contributed by atoms with E-state index in [1.54, 1.807) is 12.1 Å². The van der Waals surface area contributed by atoms with Gasteiger partial charge in [0.2, 0.25) is 0 Å². The van der Waals surface area contributed by atoms with Crippen molar-refractivity contribution in [3.05, 3.63) is 35.4 Å². The average Bonchev–Trinajstić information content (AvgIpc) is 2.76. The van der Waals surface area contributed by atoms with Crippen LogP contribution in [0.15, 0.2) is 24.3 Å². The molecular weight excluding hydrogens is 244 g/mol. The van der Waals surface area contributed by atoms with E-state index < -0.39 is 6.43 Å². The second kappa shape index (κ2) is 6.00. The minimum absolute atomic E-state index is 0.106. The Labute approximate surface area is 114 Å². The normalized spacial score (nSPS) is 23.5. The Morgan fingerprint density at radius 3 is 2.68 bits per heavy atom. The molecule has 1 nitrogen and oxygen atoms in total. The summed E-state index contributed by atoms with van der Waals surface area (Å²) < 4.78 is 25.5. The number of halogens is 2. The standard InChI is InChI=1S/C16H23F2N/c1-12(2)10-16(7-4-8-19-16)11-13-5-3-6-14(9-13)15(17)18/h3,5-6,9,12,15,19H,4,7-8,10-11H2,1-2H3. The molecule has 0 aromatic heterocycles. The van der Waals surface area contributed by atoms with Crippen LogP contribution >= 0.6 is 0 Å². The highest BCUT2D eigenvalue weighted by Gasteiger charge is 2.34. The second-order valence-electron chi connectivity index (χ2n) is 6.13. The van der Waals surface area contributed by atoms with Crippen LogP contribution in [0.3, 0.4) is 0 Å². The molecule has 1 heterocycles. The average molecular weight is 267 g/mol. The molecule has 1 saturated heterocycles. The third kappa shape index (κ3) is 3.75. The van der Waals surface area contributed by atoms with Crippen molar-refractivity contribution >= 4 is 0 Å².